The maximum Gasteiger partial charge on any atom is 0.128 e. The Morgan fingerprint density at radius 1 is 1.10 bits per heavy atom. The van der Waals surface area contributed by atoms with Gasteiger partial charge in [0.05, 0.1) is 11.7 Å². The summed E-state index contributed by atoms with van der Waals surface area (Å²) in [5.41, 5.74) is 2.09. The van der Waals surface area contributed by atoms with Crippen LogP contribution in [0.5, 0.6) is 11.5 Å². The van der Waals surface area contributed by atoms with Crippen molar-refractivity contribution in [3.63, 3.8) is 0 Å². The monoisotopic (exact) mass is 280 g/mol. The summed E-state index contributed by atoms with van der Waals surface area (Å²) < 4.78 is 7.40. The van der Waals surface area contributed by atoms with E-state index in [-0.39, 0.29) is 5.69 Å². The molecular weight excluding hydrogens is 266 g/mol. The minimum absolute atomic E-state index is 0.151. The van der Waals surface area contributed by atoms with Gasteiger partial charge in [-0.05, 0) is 48.9 Å². The Bertz CT molecular complexity index is 833. The Balaban J connectivity index is 1.99. The lowest BCUT2D eigenvalue weighted by molar-refractivity contribution is -0.255. The molecule has 0 unspecified atom stereocenters. The van der Waals surface area contributed by atoms with Crippen molar-refractivity contribution < 1.29 is 14.6 Å². The van der Waals surface area contributed by atoms with E-state index in [0.717, 1.165) is 22.2 Å². The number of carboxylic acid groups (broad SMARTS) is 1. The molecule has 0 saturated heterocycles. The van der Waals surface area contributed by atoms with Crippen molar-refractivity contribution in [3.8, 4) is 11.5 Å². The molecule has 3 rings (SSSR count). The van der Waals surface area contributed by atoms with Crippen molar-refractivity contribution >= 4 is 16.9 Å². The third-order valence-electron chi connectivity index (χ3n) is 3.45. The van der Waals surface area contributed by atoms with Gasteiger partial charge in [0.2, 0.25) is 0 Å². The summed E-state index contributed by atoms with van der Waals surface area (Å²) in [6.45, 7) is 2.00. The van der Waals surface area contributed by atoms with E-state index in [2.05, 4.69) is 0 Å². The number of carboxylic acids is 1. The lowest BCUT2D eigenvalue weighted by Gasteiger charge is -2.07. The minimum Gasteiger partial charge on any atom is -0.543 e. The van der Waals surface area contributed by atoms with Crippen LogP contribution >= 0.6 is 0 Å². The van der Waals surface area contributed by atoms with Gasteiger partial charge in [-0.2, -0.15) is 0 Å². The van der Waals surface area contributed by atoms with E-state index in [1.54, 1.807) is 17.7 Å². The quantitative estimate of drug-likeness (QED) is 0.741. The van der Waals surface area contributed by atoms with Crippen molar-refractivity contribution in [2.45, 2.75) is 6.92 Å². The number of rotatable bonds is 3. The van der Waals surface area contributed by atoms with Crippen LogP contribution in [0.15, 0.2) is 48.5 Å². The summed E-state index contributed by atoms with van der Waals surface area (Å²) in [6.07, 6.45) is 0. The zero-order chi connectivity index (χ0) is 15.0. The molecule has 0 amide bonds. The molecular formula is C17H14NO3-. The molecule has 4 heteroatoms. The highest BCUT2D eigenvalue weighted by Gasteiger charge is 2.08. The van der Waals surface area contributed by atoms with Crippen molar-refractivity contribution in [1.29, 1.82) is 0 Å². The van der Waals surface area contributed by atoms with Gasteiger partial charge in [-0.1, -0.05) is 12.1 Å². The molecule has 0 aliphatic carbocycles. The summed E-state index contributed by atoms with van der Waals surface area (Å²) in [5.74, 6) is 0.240. The number of carbonyl (C=O) groups excluding carboxylic acids is 1. The largest absolute Gasteiger partial charge is 0.543 e. The fourth-order valence-electron chi connectivity index (χ4n) is 2.40. The van der Waals surface area contributed by atoms with Gasteiger partial charge in [0.25, 0.3) is 0 Å². The Hall–Kier alpha value is -2.75. The smallest absolute Gasteiger partial charge is 0.128 e. The summed E-state index contributed by atoms with van der Waals surface area (Å²) >= 11 is 0. The van der Waals surface area contributed by atoms with Crippen LogP contribution in [0.4, 0.5) is 0 Å². The van der Waals surface area contributed by atoms with Crippen LogP contribution in [0.25, 0.3) is 10.9 Å². The fraction of sp³-hybridized carbons (Fsp3) is 0.118. The molecule has 0 fully saturated rings. The topological polar surface area (TPSA) is 54.3 Å². The number of fused-ring (bicyclic) bond motifs is 1. The highest BCUT2D eigenvalue weighted by atomic mass is 16.5. The highest BCUT2D eigenvalue weighted by molar-refractivity contribution is 5.94. The molecule has 106 valence electrons. The molecule has 0 aliphatic rings. The molecule has 1 aromatic heterocycles. The van der Waals surface area contributed by atoms with Crippen LogP contribution in [-0.4, -0.2) is 10.5 Å². The molecule has 2 aromatic carbocycles. The molecule has 4 nitrogen and oxygen atoms in total. The van der Waals surface area contributed by atoms with E-state index in [1.165, 1.54) is 0 Å². The van der Waals surface area contributed by atoms with Crippen molar-refractivity contribution in [2.75, 3.05) is 0 Å². The summed E-state index contributed by atoms with van der Waals surface area (Å²) in [5, 5.41) is 11.8. The second kappa shape index (κ2) is 4.98. The number of aromatic nitrogens is 1. The number of benzene rings is 2. The standard InChI is InChI=1S/C17H15NO3/c1-11-4-3-5-13(8-11)21-14-6-7-15-12(9-14)10-16(17(19)20)18(15)2/h3-10H,1-2H3,(H,19,20)/p-1. The highest BCUT2D eigenvalue weighted by Crippen LogP contribution is 2.27. The van der Waals surface area contributed by atoms with E-state index in [9.17, 15) is 9.90 Å². The summed E-state index contributed by atoms with van der Waals surface area (Å²) in [7, 11) is 1.70. The number of nitrogens with zero attached hydrogens (tertiary/aromatic N) is 1. The maximum absolute atomic E-state index is 11.0. The number of hydrogen-bond acceptors (Lipinski definition) is 3. The van der Waals surface area contributed by atoms with Gasteiger partial charge in [0.15, 0.2) is 0 Å². The first-order valence-electron chi connectivity index (χ1n) is 6.60. The van der Waals surface area contributed by atoms with Gasteiger partial charge in [-0.15, -0.1) is 0 Å². The average Bonchev–Trinajstić information content (AvgIpc) is 2.76. The van der Waals surface area contributed by atoms with Gasteiger partial charge in [0.1, 0.15) is 11.5 Å². The molecule has 0 spiro atoms. The lowest BCUT2D eigenvalue weighted by Crippen LogP contribution is -2.24. The summed E-state index contributed by atoms with van der Waals surface area (Å²) in [4.78, 5) is 11.0. The zero-order valence-corrected chi connectivity index (χ0v) is 11.8. The van der Waals surface area contributed by atoms with E-state index in [1.807, 2.05) is 49.4 Å². The van der Waals surface area contributed by atoms with E-state index in [4.69, 9.17) is 4.74 Å². The number of ether oxygens (including phenoxy) is 1. The van der Waals surface area contributed by atoms with Crippen LogP contribution in [0, 0.1) is 6.92 Å². The van der Waals surface area contributed by atoms with Gasteiger partial charge >= 0.3 is 0 Å². The molecule has 0 aliphatic heterocycles. The Kier molecular flexibility index (Phi) is 3.14. The average molecular weight is 280 g/mol. The molecule has 3 aromatic rings. The predicted octanol–water partition coefficient (Wildman–Crippen LogP) is 2.64. The lowest BCUT2D eigenvalue weighted by atomic mass is 10.2. The van der Waals surface area contributed by atoms with Crippen molar-refractivity contribution in [1.82, 2.24) is 4.57 Å². The zero-order valence-electron chi connectivity index (χ0n) is 11.8. The van der Waals surface area contributed by atoms with Crippen molar-refractivity contribution in [3.05, 3.63) is 59.8 Å². The Morgan fingerprint density at radius 3 is 2.57 bits per heavy atom. The number of carbonyl (C=O) groups is 1. The first-order chi connectivity index (χ1) is 10.0. The van der Waals surface area contributed by atoms with Crippen LogP contribution in [0.3, 0.4) is 0 Å². The second-order valence-corrected chi connectivity index (χ2v) is 5.02. The minimum atomic E-state index is -1.19. The second-order valence-electron chi connectivity index (χ2n) is 5.02. The SMILES string of the molecule is Cc1cccc(Oc2ccc3c(c2)cc(C(=O)[O-])n3C)c1. The number of aryl methyl sites for hydroxylation is 2. The first kappa shape index (κ1) is 13.2. The van der Waals surface area contributed by atoms with Crippen molar-refractivity contribution in [2.24, 2.45) is 7.05 Å². The van der Waals surface area contributed by atoms with E-state index in [0.29, 0.717) is 5.75 Å². The predicted molar refractivity (Wildman–Crippen MR) is 78.5 cm³/mol. The fourth-order valence-corrected chi connectivity index (χ4v) is 2.40. The number of aromatic carboxylic acids is 1. The van der Waals surface area contributed by atoms with E-state index >= 15 is 0 Å². The normalized spacial score (nSPS) is 10.8. The van der Waals surface area contributed by atoms with Gasteiger partial charge in [-0.25, -0.2) is 0 Å². The molecule has 0 N–H and O–H groups in total. The van der Waals surface area contributed by atoms with Crippen LogP contribution in [-0.2, 0) is 7.05 Å². The van der Waals surface area contributed by atoms with E-state index < -0.39 is 5.97 Å². The molecule has 21 heavy (non-hydrogen) atoms. The van der Waals surface area contributed by atoms with Gasteiger partial charge in [-0.3, -0.25) is 0 Å². The Morgan fingerprint density at radius 2 is 1.86 bits per heavy atom. The molecule has 0 radical (unpaired) electrons. The molecule has 1 heterocycles. The Labute approximate surface area is 122 Å². The molecule has 0 saturated carbocycles. The van der Waals surface area contributed by atoms with Gasteiger partial charge < -0.3 is 19.2 Å². The first-order valence-corrected chi connectivity index (χ1v) is 6.60. The van der Waals surface area contributed by atoms with Crippen LogP contribution in [0.1, 0.15) is 16.1 Å². The summed E-state index contributed by atoms with van der Waals surface area (Å²) in [6, 6.07) is 14.8. The third-order valence-corrected chi connectivity index (χ3v) is 3.45. The van der Waals surface area contributed by atoms with Crippen LogP contribution < -0.4 is 9.84 Å². The van der Waals surface area contributed by atoms with Crippen LogP contribution in [0.2, 0.25) is 0 Å². The molecule has 0 atom stereocenters. The maximum atomic E-state index is 11.0. The third kappa shape index (κ3) is 2.48. The van der Waals surface area contributed by atoms with Gasteiger partial charge in [0, 0.05) is 18.0 Å². The molecule has 0 bridgehead atoms. The number of hydrogen-bond donors (Lipinski definition) is 0.